The quantitative estimate of drug-likeness (QED) is 0.329. The first-order valence-electron chi connectivity index (χ1n) is 10.4. The molecule has 0 spiro atoms. The number of carbonyl (C=O) groups excluding carboxylic acids is 2. The highest BCUT2D eigenvalue weighted by Gasteiger charge is 2.24. The zero-order valence-electron chi connectivity index (χ0n) is 18.1. The van der Waals surface area contributed by atoms with Gasteiger partial charge < -0.3 is 15.3 Å². The number of hydrogen-bond donors (Lipinski definition) is 2. The number of nitriles is 1. The second-order valence-corrected chi connectivity index (χ2v) is 7.83. The molecule has 2 amide bonds. The van der Waals surface area contributed by atoms with Crippen molar-refractivity contribution < 1.29 is 14.7 Å². The minimum Gasteiger partial charge on any atom is -0.373 e. The number of amides is 2. The normalized spacial score (nSPS) is 11.5. The minimum absolute atomic E-state index is 0.0993. The van der Waals surface area contributed by atoms with Crippen LogP contribution in [0.4, 0.5) is 0 Å². The Labute approximate surface area is 183 Å². The summed E-state index contributed by atoms with van der Waals surface area (Å²) in [4.78, 5) is 27.7. The molecule has 0 aliphatic rings. The summed E-state index contributed by atoms with van der Waals surface area (Å²) in [7, 11) is 0. The molecular weight excluding hydrogens is 392 g/mol. The van der Waals surface area contributed by atoms with Gasteiger partial charge in [0.2, 0.25) is 11.8 Å². The first-order chi connectivity index (χ1) is 14.9. The van der Waals surface area contributed by atoms with Crippen molar-refractivity contribution in [1.29, 1.82) is 5.26 Å². The highest BCUT2D eigenvalue weighted by atomic mass is 16.3. The van der Waals surface area contributed by atoms with Crippen LogP contribution < -0.4 is 5.32 Å². The number of benzene rings is 2. The molecule has 0 fully saturated rings. The number of aliphatic hydroxyl groups excluding tert-OH is 1. The maximum atomic E-state index is 12.9. The zero-order chi connectivity index (χ0) is 22.6. The van der Waals surface area contributed by atoms with Gasteiger partial charge in [-0.1, -0.05) is 74.5 Å². The molecule has 2 aromatic carbocycles. The zero-order valence-corrected chi connectivity index (χ0v) is 18.1. The van der Waals surface area contributed by atoms with E-state index in [2.05, 4.69) is 5.32 Å². The number of nitrogens with one attached hydrogen (secondary N) is 1. The lowest BCUT2D eigenvalue weighted by Crippen LogP contribution is -2.47. The van der Waals surface area contributed by atoms with Crippen LogP contribution in [-0.4, -0.2) is 52.6 Å². The van der Waals surface area contributed by atoms with Crippen LogP contribution in [0.25, 0.3) is 0 Å². The van der Waals surface area contributed by atoms with E-state index in [1.165, 1.54) is 4.90 Å². The standard InChI is InChI=1S/C24H30N4O3/c1-19(2)15-27(16-22(29)26-14-21-11-7-4-8-12-21)24(31)17-28(18-25)23(30)13-20-9-5-3-6-10-20/h3-12,19,23,30H,13-17H2,1-2H3,(H,26,29). The molecule has 2 N–H and O–H groups in total. The summed E-state index contributed by atoms with van der Waals surface area (Å²) in [5.41, 5.74) is 1.83. The molecule has 0 radical (unpaired) electrons. The molecule has 0 saturated heterocycles. The van der Waals surface area contributed by atoms with Gasteiger partial charge in [0.1, 0.15) is 12.8 Å². The van der Waals surface area contributed by atoms with Crippen molar-refractivity contribution in [3.63, 3.8) is 0 Å². The van der Waals surface area contributed by atoms with Crippen molar-refractivity contribution in [3.8, 4) is 6.19 Å². The fourth-order valence-electron chi connectivity index (χ4n) is 3.11. The van der Waals surface area contributed by atoms with Gasteiger partial charge in [-0.05, 0) is 17.0 Å². The van der Waals surface area contributed by atoms with Crippen molar-refractivity contribution in [3.05, 3.63) is 71.8 Å². The molecule has 164 valence electrons. The van der Waals surface area contributed by atoms with E-state index in [4.69, 9.17) is 0 Å². The second-order valence-electron chi connectivity index (χ2n) is 7.83. The summed E-state index contributed by atoms with van der Waals surface area (Å²) >= 11 is 0. The Morgan fingerprint density at radius 2 is 1.58 bits per heavy atom. The van der Waals surface area contributed by atoms with Crippen LogP contribution in [-0.2, 0) is 22.6 Å². The third-order valence-electron chi connectivity index (χ3n) is 4.66. The monoisotopic (exact) mass is 422 g/mol. The Morgan fingerprint density at radius 3 is 2.13 bits per heavy atom. The van der Waals surface area contributed by atoms with E-state index >= 15 is 0 Å². The maximum Gasteiger partial charge on any atom is 0.243 e. The van der Waals surface area contributed by atoms with E-state index in [9.17, 15) is 20.0 Å². The van der Waals surface area contributed by atoms with Gasteiger partial charge in [0, 0.05) is 19.5 Å². The number of rotatable bonds is 11. The maximum absolute atomic E-state index is 12.9. The molecule has 7 nitrogen and oxygen atoms in total. The largest absolute Gasteiger partial charge is 0.373 e. The molecule has 0 aromatic heterocycles. The van der Waals surface area contributed by atoms with Crippen LogP contribution in [0.2, 0.25) is 0 Å². The Hall–Kier alpha value is -3.37. The first-order valence-corrected chi connectivity index (χ1v) is 10.4. The van der Waals surface area contributed by atoms with Gasteiger partial charge in [-0.15, -0.1) is 0 Å². The Bertz CT molecular complexity index is 865. The lowest BCUT2D eigenvalue weighted by Gasteiger charge is -2.28. The molecule has 0 aliphatic heterocycles. The van der Waals surface area contributed by atoms with Gasteiger partial charge in [-0.25, -0.2) is 0 Å². The van der Waals surface area contributed by atoms with E-state index in [1.54, 1.807) is 0 Å². The molecule has 0 saturated carbocycles. The molecule has 1 atom stereocenters. The predicted octanol–water partition coefficient (Wildman–Crippen LogP) is 2.13. The SMILES string of the molecule is CC(C)CN(CC(=O)NCc1ccccc1)C(=O)CN(C#N)C(O)Cc1ccccc1. The van der Waals surface area contributed by atoms with Gasteiger partial charge in [0.15, 0.2) is 6.19 Å². The summed E-state index contributed by atoms with van der Waals surface area (Å²) in [5.74, 6) is -0.501. The van der Waals surface area contributed by atoms with Crippen LogP contribution in [0.5, 0.6) is 0 Å². The predicted molar refractivity (Wildman–Crippen MR) is 118 cm³/mol. The van der Waals surface area contributed by atoms with Crippen LogP contribution in [0, 0.1) is 17.4 Å². The van der Waals surface area contributed by atoms with Gasteiger partial charge in [-0.3, -0.25) is 14.5 Å². The van der Waals surface area contributed by atoms with Crippen LogP contribution in [0.15, 0.2) is 60.7 Å². The molecular formula is C24H30N4O3. The summed E-state index contributed by atoms with van der Waals surface area (Å²) in [6, 6.07) is 18.8. The van der Waals surface area contributed by atoms with Crippen molar-refractivity contribution >= 4 is 11.8 Å². The van der Waals surface area contributed by atoms with Crippen LogP contribution in [0.1, 0.15) is 25.0 Å². The molecule has 0 bridgehead atoms. The van der Waals surface area contributed by atoms with Gasteiger partial charge >= 0.3 is 0 Å². The Morgan fingerprint density at radius 1 is 1.00 bits per heavy atom. The van der Waals surface area contributed by atoms with Gasteiger partial charge in [-0.2, -0.15) is 5.26 Å². The van der Waals surface area contributed by atoms with Crippen LogP contribution in [0.3, 0.4) is 0 Å². The third-order valence-corrected chi connectivity index (χ3v) is 4.66. The smallest absolute Gasteiger partial charge is 0.243 e. The topological polar surface area (TPSA) is 96.7 Å². The molecule has 2 rings (SSSR count). The highest BCUT2D eigenvalue weighted by Crippen LogP contribution is 2.08. The van der Waals surface area contributed by atoms with E-state index in [0.29, 0.717) is 13.1 Å². The summed E-state index contributed by atoms with van der Waals surface area (Å²) in [6.07, 6.45) is 1.00. The average molecular weight is 423 g/mol. The van der Waals surface area contributed by atoms with E-state index in [0.717, 1.165) is 16.0 Å². The number of aliphatic hydroxyl groups is 1. The summed E-state index contributed by atoms with van der Waals surface area (Å²) in [5, 5.41) is 22.7. The number of hydrogen-bond acceptors (Lipinski definition) is 5. The molecule has 7 heteroatoms. The van der Waals surface area contributed by atoms with Gasteiger partial charge in [0.25, 0.3) is 0 Å². The van der Waals surface area contributed by atoms with Crippen molar-refractivity contribution in [2.24, 2.45) is 5.92 Å². The van der Waals surface area contributed by atoms with Crippen molar-refractivity contribution in [1.82, 2.24) is 15.1 Å². The Kier molecular flexibility index (Phi) is 9.53. The highest BCUT2D eigenvalue weighted by molar-refractivity contribution is 5.85. The Balaban J connectivity index is 1.95. The lowest BCUT2D eigenvalue weighted by atomic mass is 10.1. The van der Waals surface area contributed by atoms with E-state index in [1.807, 2.05) is 80.7 Å². The fourth-order valence-corrected chi connectivity index (χ4v) is 3.11. The third kappa shape index (κ3) is 8.49. The lowest BCUT2D eigenvalue weighted by molar-refractivity contribution is -0.138. The molecule has 0 heterocycles. The first kappa shape index (κ1) is 23.9. The minimum atomic E-state index is -1.12. The molecule has 2 aromatic rings. The molecule has 31 heavy (non-hydrogen) atoms. The number of carbonyl (C=O) groups is 2. The summed E-state index contributed by atoms with van der Waals surface area (Å²) < 4.78 is 0. The number of nitrogens with zero attached hydrogens (tertiary/aromatic N) is 3. The van der Waals surface area contributed by atoms with E-state index < -0.39 is 6.23 Å². The average Bonchev–Trinajstić information content (AvgIpc) is 2.76. The van der Waals surface area contributed by atoms with Crippen molar-refractivity contribution in [2.45, 2.75) is 33.0 Å². The van der Waals surface area contributed by atoms with Crippen LogP contribution >= 0.6 is 0 Å². The van der Waals surface area contributed by atoms with Crippen molar-refractivity contribution in [2.75, 3.05) is 19.6 Å². The fraction of sp³-hybridized carbons (Fsp3) is 0.375. The van der Waals surface area contributed by atoms with E-state index in [-0.39, 0.29) is 37.2 Å². The second kappa shape index (κ2) is 12.4. The molecule has 1 unspecified atom stereocenters. The summed E-state index contributed by atoms with van der Waals surface area (Å²) in [6.45, 7) is 4.28. The molecule has 0 aliphatic carbocycles. The van der Waals surface area contributed by atoms with Gasteiger partial charge in [0.05, 0.1) is 6.54 Å².